The van der Waals surface area contributed by atoms with Crippen molar-refractivity contribution in [3.8, 4) is 0 Å². The highest BCUT2D eigenvalue weighted by Gasteiger charge is 2.39. The van der Waals surface area contributed by atoms with Crippen LogP contribution in [0.1, 0.15) is 31.5 Å². The molecule has 1 saturated heterocycles. The maximum absolute atomic E-state index is 5.73. The highest BCUT2D eigenvalue weighted by Crippen LogP contribution is 2.35. The standard InChI is InChI=1S/C13H22N4O2/c1-17-10-15-12(16-17)4-7-14-11-2-5-13(6-3-11)18-8-9-19-13/h10-11,14H,2-9H2,1H3. The van der Waals surface area contributed by atoms with Gasteiger partial charge in [-0.15, -0.1) is 0 Å². The van der Waals surface area contributed by atoms with E-state index in [9.17, 15) is 0 Å². The first-order chi connectivity index (χ1) is 9.26. The van der Waals surface area contributed by atoms with E-state index >= 15 is 0 Å². The summed E-state index contributed by atoms with van der Waals surface area (Å²) < 4.78 is 13.2. The van der Waals surface area contributed by atoms with Crippen LogP contribution in [0.5, 0.6) is 0 Å². The maximum Gasteiger partial charge on any atom is 0.168 e. The van der Waals surface area contributed by atoms with Gasteiger partial charge in [-0.05, 0) is 12.8 Å². The summed E-state index contributed by atoms with van der Waals surface area (Å²) in [6, 6.07) is 0.571. The zero-order valence-corrected chi connectivity index (χ0v) is 11.5. The number of ether oxygens (including phenoxy) is 2. The van der Waals surface area contributed by atoms with Crippen LogP contribution < -0.4 is 5.32 Å². The Bertz CT molecular complexity index is 405. The number of aromatic nitrogens is 3. The highest BCUT2D eigenvalue weighted by molar-refractivity contribution is 4.87. The van der Waals surface area contributed by atoms with Gasteiger partial charge in [0, 0.05) is 38.9 Å². The summed E-state index contributed by atoms with van der Waals surface area (Å²) in [4.78, 5) is 4.23. The van der Waals surface area contributed by atoms with Crippen LogP contribution >= 0.6 is 0 Å². The first-order valence-electron chi connectivity index (χ1n) is 7.12. The Labute approximate surface area is 113 Å². The van der Waals surface area contributed by atoms with Gasteiger partial charge in [0.15, 0.2) is 11.6 Å². The van der Waals surface area contributed by atoms with E-state index in [1.165, 1.54) is 0 Å². The van der Waals surface area contributed by atoms with Crippen molar-refractivity contribution in [3.63, 3.8) is 0 Å². The van der Waals surface area contributed by atoms with Gasteiger partial charge in [-0.2, -0.15) is 5.10 Å². The molecular weight excluding hydrogens is 244 g/mol. The van der Waals surface area contributed by atoms with Gasteiger partial charge in [-0.25, -0.2) is 4.98 Å². The summed E-state index contributed by atoms with van der Waals surface area (Å²) in [7, 11) is 1.89. The molecule has 19 heavy (non-hydrogen) atoms. The molecule has 6 nitrogen and oxygen atoms in total. The molecule has 2 fully saturated rings. The maximum atomic E-state index is 5.73. The van der Waals surface area contributed by atoms with Crippen molar-refractivity contribution >= 4 is 0 Å². The minimum absolute atomic E-state index is 0.249. The third kappa shape index (κ3) is 3.13. The van der Waals surface area contributed by atoms with Gasteiger partial charge in [0.2, 0.25) is 0 Å². The molecule has 0 atom stereocenters. The lowest BCUT2D eigenvalue weighted by Gasteiger charge is -2.35. The molecule has 2 aliphatic rings. The SMILES string of the molecule is Cn1cnc(CCNC2CCC3(CC2)OCCO3)n1. The molecule has 0 unspecified atom stereocenters. The van der Waals surface area contributed by atoms with Crippen LogP contribution in [0.15, 0.2) is 6.33 Å². The van der Waals surface area contributed by atoms with Crippen molar-refractivity contribution < 1.29 is 9.47 Å². The predicted octanol–water partition coefficient (Wildman–Crippen LogP) is 0.633. The fourth-order valence-corrected chi connectivity index (χ4v) is 2.93. The average Bonchev–Trinajstić information content (AvgIpc) is 3.02. The summed E-state index contributed by atoms with van der Waals surface area (Å²) in [5.41, 5.74) is 0. The number of nitrogens with zero attached hydrogens (tertiary/aromatic N) is 3. The van der Waals surface area contributed by atoms with Gasteiger partial charge >= 0.3 is 0 Å². The van der Waals surface area contributed by atoms with Gasteiger partial charge in [0.05, 0.1) is 13.2 Å². The third-order valence-electron chi connectivity index (χ3n) is 3.99. The van der Waals surface area contributed by atoms with Gasteiger partial charge in [0.1, 0.15) is 6.33 Å². The Morgan fingerprint density at radius 3 is 2.74 bits per heavy atom. The van der Waals surface area contributed by atoms with E-state index in [2.05, 4.69) is 15.4 Å². The van der Waals surface area contributed by atoms with E-state index in [0.717, 1.165) is 57.7 Å². The number of nitrogens with one attached hydrogen (secondary N) is 1. The van der Waals surface area contributed by atoms with Crippen LogP contribution in [0.3, 0.4) is 0 Å². The summed E-state index contributed by atoms with van der Waals surface area (Å²) in [5.74, 6) is 0.658. The molecule has 3 rings (SSSR count). The third-order valence-corrected chi connectivity index (χ3v) is 3.99. The van der Waals surface area contributed by atoms with Crippen LogP contribution in [0, 0.1) is 0 Å². The lowest BCUT2D eigenvalue weighted by molar-refractivity contribution is -0.179. The number of hydrogen-bond acceptors (Lipinski definition) is 5. The van der Waals surface area contributed by atoms with Crippen molar-refractivity contribution in [2.24, 2.45) is 7.05 Å². The molecular formula is C13H22N4O2. The van der Waals surface area contributed by atoms with Crippen molar-refractivity contribution in [2.45, 2.75) is 43.9 Å². The summed E-state index contributed by atoms with van der Waals surface area (Å²) in [6.07, 6.45) is 6.88. The molecule has 1 aromatic rings. The minimum Gasteiger partial charge on any atom is -0.348 e. The van der Waals surface area contributed by atoms with Gasteiger partial charge in [0.25, 0.3) is 0 Å². The van der Waals surface area contributed by atoms with E-state index in [1.54, 1.807) is 11.0 Å². The molecule has 1 N–H and O–H groups in total. The van der Waals surface area contributed by atoms with Crippen LogP contribution in [-0.4, -0.2) is 46.4 Å². The fraction of sp³-hybridized carbons (Fsp3) is 0.846. The quantitative estimate of drug-likeness (QED) is 0.866. The molecule has 0 bridgehead atoms. The second-order valence-electron chi connectivity index (χ2n) is 5.42. The zero-order chi connectivity index (χ0) is 13.1. The summed E-state index contributed by atoms with van der Waals surface area (Å²) in [5, 5.41) is 7.86. The monoisotopic (exact) mass is 266 g/mol. The Hall–Kier alpha value is -0.980. The Kier molecular flexibility index (Phi) is 3.81. The average molecular weight is 266 g/mol. The number of hydrogen-bond donors (Lipinski definition) is 1. The van der Waals surface area contributed by atoms with E-state index in [-0.39, 0.29) is 5.79 Å². The van der Waals surface area contributed by atoms with Crippen molar-refractivity contribution in [2.75, 3.05) is 19.8 Å². The van der Waals surface area contributed by atoms with E-state index in [0.29, 0.717) is 6.04 Å². The molecule has 0 amide bonds. The van der Waals surface area contributed by atoms with E-state index in [1.807, 2.05) is 7.05 Å². The van der Waals surface area contributed by atoms with Crippen LogP contribution in [0.4, 0.5) is 0 Å². The molecule has 2 heterocycles. The summed E-state index contributed by atoms with van der Waals surface area (Å²) in [6.45, 7) is 2.44. The summed E-state index contributed by atoms with van der Waals surface area (Å²) >= 11 is 0. The molecule has 0 radical (unpaired) electrons. The topological polar surface area (TPSA) is 61.2 Å². The lowest BCUT2D eigenvalue weighted by Crippen LogP contribution is -2.42. The first kappa shape index (κ1) is 13.0. The molecule has 1 spiro atoms. The van der Waals surface area contributed by atoms with Crippen LogP contribution in [-0.2, 0) is 22.9 Å². The molecule has 1 aromatic heterocycles. The molecule has 1 aliphatic carbocycles. The van der Waals surface area contributed by atoms with Crippen LogP contribution in [0.2, 0.25) is 0 Å². The second-order valence-corrected chi connectivity index (χ2v) is 5.42. The Morgan fingerprint density at radius 1 is 1.37 bits per heavy atom. The van der Waals surface area contributed by atoms with Crippen molar-refractivity contribution in [3.05, 3.63) is 12.2 Å². The molecule has 106 valence electrons. The molecule has 0 aromatic carbocycles. The number of aryl methyl sites for hydroxylation is 1. The Balaban J connectivity index is 1.38. The predicted molar refractivity (Wildman–Crippen MR) is 69.6 cm³/mol. The Morgan fingerprint density at radius 2 is 2.11 bits per heavy atom. The molecule has 1 aliphatic heterocycles. The normalized spacial score (nSPS) is 23.2. The van der Waals surface area contributed by atoms with Crippen LogP contribution in [0.25, 0.3) is 0 Å². The minimum atomic E-state index is -0.249. The van der Waals surface area contributed by atoms with Crippen molar-refractivity contribution in [1.29, 1.82) is 0 Å². The van der Waals surface area contributed by atoms with Gasteiger partial charge in [-0.1, -0.05) is 0 Å². The lowest BCUT2D eigenvalue weighted by atomic mass is 9.90. The fourth-order valence-electron chi connectivity index (χ4n) is 2.93. The van der Waals surface area contributed by atoms with Gasteiger partial charge < -0.3 is 14.8 Å². The van der Waals surface area contributed by atoms with E-state index < -0.39 is 0 Å². The van der Waals surface area contributed by atoms with E-state index in [4.69, 9.17) is 9.47 Å². The largest absolute Gasteiger partial charge is 0.348 e. The molecule has 1 saturated carbocycles. The number of rotatable bonds is 4. The van der Waals surface area contributed by atoms with Gasteiger partial charge in [-0.3, -0.25) is 4.68 Å². The molecule has 6 heteroatoms. The zero-order valence-electron chi connectivity index (χ0n) is 11.5. The smallest absolute Gasteiger partial charge is 0.168 e. The second kappa shape index (κ2) is 5.56. The van der Waals surface area contributed by atoms with Crippen molar-refractivity contribution in [1.82, 2.24) is 20.1 Å². The first-order valence-corrected chi connectivity index (χ1v) is 7.12. The highest BCUT2D eigenvalue weighted by atomic mass is 16.7.